The molecule has 1 aromatic heterocycles. The second kappa shape index (κ2) is 6.36. The summed E-state index contributed by atoms with van der Waals surface area (Å²) in [6, 6.07) is 8.13. The summed E-state index contributed by atoms with van der Waals surface area (Å²) in [4.78, 5) is 14.5. The summed E-state index contributed by atoms with van der Waals surface area (Å²) in [5.41, 5.74) is 2.55. The van der Waals surface area contributed by atoms with Gasteiger partial charge in [-0.1, -0.05) is 12.1 Å². The van der Waals surface area contributed by atoms with Crippen LogP contribution >= 0.6 is 11.5 Å². The number of rotatable bonds is 4. The second-order valence-electron chi connectivity index (χ2n) is 5.39. The van der Waals surface area contributed by atoms with Crippen molar-refractivity contribution in [1.29, 1.82) is 0 Å². The number of methoxy groups -OCH3 is 1. The minimum atomic E-state index is -0.0295. The first-order chi connectivity index (χ1) is 10.7. The molecule has 1 aromatic carbocycles. The minimum absolute atomic E-state index is 0.0295. The Kier molecular flexibility index (Phi) is 4.29. The highest BCUT2D eigenvalue weighted by Crippen LogP contribution is 2.30. The number of carbonyl (C=O) groups excluding carboxylic acids is 1. The molecule has 2 aromatic rings. The fourth-order valence-electron chi connectivity index (χ4n) is 2.76. The van der Waals surface area contributed by atoms with Crippen LogP contribution in [-0.2, 0) is 0 Å². The van der Waals surface area contributed by atoms with Gasteiger partial charge in [0, 0.05) is 24.5 Å². The molecule has 1 N–H and O–H groups in total. The lowest BCUT2D eigenvalue weighted by atomic mass is 10.2. The number of carbonyl (C=O) groups is 1. The Morgan fingerprint density at radius 3 is 3.00 bits per heavy atom. The smallest absolute Gasteiger partial charge is 0.254 e. The van der Waals surface area contributed by atoms with E-state index in [-0.39, 0.29) is 11.9 Å². The molecule has 1 unspecified atom stereocenters. The molecular formula is C16H19N3O2S. The number of amides is 1. The Morgan fingerprint density at radius 2 is 2.27 bits per heavy atom. The SMILES string of the molecule is COc1ccccc1N1CCC(NC(=O)c2csnc2C)C1. The van der Waals surface area contributed by atoms with Gasteiger partial charge in [-0.05, 0) is 37.0 Å². The quantitative estimate of drug-likeness (QED) is 0.941. The molecule has 116 valence electrons. The van der Waals surface area contributed by atoms with Gasteiger partial charge in [-0.15, -0.1) is 0 Å². The van der Waals surface area contributed by atoms with Crippen LogP contribution < -0.4 is 15.0 Å². The number of hydrogen-bond acceptors (Lipinski definition) is 5. The number of aromatic nitrogens is 1. The van der Waals surface area contributed by atoms with Crippen molar-refractivity contribution < 1.29 is 9.53 Å². The van der Waals surface area contributed by atoms with Gasteiger partial charge in [0.1, 0.15) is 5.75 Å². The third-order valence-corrected chi connectivity index (χ3v) is 4.66. The van der Waals surface area contributed by atoms with E-state index < -0.39 is 0 Å². The van der Waals surface area contributed by atoms with Crippen molar-refractivity contribution in [1.82, 2.24) is 9.69 Å². The number of para-hydroxylation sites is 2. The largest absolute Gasteiger partial charge is 0.495 e. The van der Waals surface area contributed by atoms with Gasteiger partial charge in [0.05, 0.1) is 24.1 Å². The molecule has 0 bridgehead atoms. The van der Waals surface area contributed by atoms with Crippen molar-refractivity contribution in [2.45, 2.75) is 19.4 Å². The molecule has 6 heteroatoms. The topological polar surface area (TPSA) is 54.5 Å². The summed E-state index contributed by atoms with van der Waals surface area (Å²) in [7, 11) is 1.68. The summed E-state index contributed by atoms with van der Waals surface area (Å²) in [6.45, 7) is 3.57. The lowest BCUT2D eigenvalue weighted by Crippen LogP contribution is -2.37. The summed E-state index contributed by atoms with van der Waals surface area (Å²) in [5, 5.41) is 4.91. The van der Waals surface area contributed by atoms with Crippen LogP contribution in [0.3, 0.4) is 0 Å². The van der Waals surface area contributed by atoms with Crippen LogP contribution in [0.5, 0.6) is 5.75 Å². The van der Waals surface area contributed by atoms with Crippen LogP contribution in [0.1, 0.15) is 22.5 Å². The van der Waals surface area contributed by atoms with Gasteiger partial charge < -0.3 is 15.0 Å². The average Bonchev–Trinajstić information content (AvgIpc) is 3.16. The zero-order chi connectivity index (χ0) is 15.5. The van der Waals surface area contributed by atoms with Crippen molar-refractivity contribution in [2.75, 3.05) is 25.1 Å². The van der Waals surface area contributed by atoms with Gasteiger partial charge in [-0.2, -0.15) is 4.37 Å². The predicted molar refractivity (Wildman–Crippen MR) is 87.9 cm³/mol. The highest BCUT2D eigenvalue weighted by atomic mass is 32.1. The maximum absolute atomic E-state index is 12.3. The van der Waals surface area contributed by atoms with Gasteiger partial charge in [0.25, 0.3) is 5.91 Å². The normalized spacial score (nSPS) is 17.5. The number of nitrogens with zero attached hydrogens (tertiary/aromatic N) is 2. The molecule has 0 spiro atoms. The number of anilines is 1. The Bertz CT molecular complexity index is 671. The first-order valence-corrected chi connectivity index (χ1v) is 8.12. The Labute approximate surface area is 134 Å². The van der Waals surface area contributed by atoms with E-state index in [2.05, 4.69) is 20.7 Å². The maximum atomic E-state index is 12.3. The van der Waals surface area contributed by atoms with Crippen molar-refractivity contribution in [2.24, 2.45) is 0 Å². The highest BCUT2D eigenvalue weighted by Gasteiger charge is 2.26. The van der Waals surface area contributed by atoms with Crippen LogP contribution in [0, 0.1) is 6.92 Å². The van der Waals surface area contributed by atoms with Gasteiger partial charge in [0.15, 0.2) is 0 Å². The molecule has 1 atom stereocenters. The molecule has 1 amide bonds. The zero-order valence-corrected chi connectivity index (χ0v) is 13.5. The van der Waals surface area contributed by atoms with Gasteiger partial charge in [0.2, 0.25) is 0 Å². The number of benzene rings is 1. The van der Waals surface area contributed by atoms with Crippen molar-refractivity contribution >= 4 is 23.1 Å². The van der Waals surface area contributed by atoms with Crippen LogP contribution in [0.2, 0.25) is 0 Å². The monoisotopic (exact) mass is 317 g/mol. The third kappa shape index (κ3) is 2.92. The molecule has 1 fully saturated rings. The van der Waals surface area contributed by atoms with Crippen LogP contribution in [0.25, 0.3) is 0 Å². The van der Waals surface area contributed by atoms with E-state index in [1.54, 1.807) is 12.5 Å². The maximum Gasteiger partial charge on any atom is 0.254 e. The number of hydrogen-bond donors (Lipinski definition) is 1. The molecule has 1 aliphatic heterocycles. The molecule has 22 heavy (non-hydrogen) atoms. The van der Waals surface area contributed by atoms with Crippen molar-refractivity contribution in [3.05, 3.63) is 40.9 Å². The molecule has 2 heterocycles. The molecule has 0 aliphatic carbocycles. The van der Waals surface area contributed by atoms with E-state index in [1.807, 2.05) is 25.1 Å². The highest BCUT2D eigenvalue weighted by molar-refractivity contribution is 7.03. The number of nitrogens with one attached hydrogen (secondary N) is 1. The standard InChI is InChI=1S/C16H19N3O2S/c1-11-13(10-22-18-11)16(20)17-12-7-8-19(9-12)14-5-3-4-6-15(14)21-2/h3-6,10,12H,7-9H2,1-2H3,(H,17,20). The van der Waals surface area contributed by atoms with Crippen LogP contribution in [0.4, 0.5) is 5.69 Å². The molecule has 0 saturated carbocycles. The van der Waals surface area contributed by atoms with E-state index in [1.165, 1.54) is 11.5 Å². The van der Waals surface area contributed by atoms with Gasteiger partial charge >= 0.3 is 0 Å². The van der Waals surface area contributed by atoms with Crippen molar-refractivity contribution in [3.63, 3.8) is 0 Å². The lowest BCUT2D eigenvalue weighted by molar-refractivity contribution is 0.0940. The summed E-state index contributed by atoms with van der Waals surface area (Å²) >= 11 is 1.32. The summed E-state index contributed by atoms with van der Waals surface area (Å²) < 4.78 is 9.56. The molecule has 3 rings (SSSR count). The number of aryl methyl sites for hydroxylation is 1. The van der Waals surface area contributed by atoms with E-state index in [4.69, 9.17) is 4.74 Å². The van der Waals surface area contributed by atoms with E-state index in [0.29, 0.717) is 5.56 Å². The Balaban J connectivity index is 1.65. The predicted octanol–water partition coefficient (Wildman–Crippen LogP) is 2.47. The molecule has 0 radical (unpaired) electrons. The van der Waals surface area contributed by atoms with E-state index >= 15 is 0 Å². The molecule has 1 aliphatic rings. The van der Waals surface area contributed by atoms with E-state index in [0.717, 1.165) is 36.6 Å². The third-order valence-electron chi connectivity index (χ3n) is 3.94. The van der Waals surface area contributed by atoms with Crippen LogP contribution in [-0.4, -0.2) is 36.5 Å². The Hall–Kier alpha value is -2.08. The first-order valence-electron chi connectivity index (χ1n) is 7.29. The van der Waals surface area contributed by atoms with Gasteiger partial charge in [-0.25, -0.2) is 0 Å². The minimum Gasteiger partial charge on any atom is -0.495 e. The lowest BCUT2D eigenvalue weighted by Gasteiger charge is -2.21. The number of ether oxygens (including phenoxy) is 1. The van der Waals surface area contributed by atoms with Crippen molar-refractivity contribution in [3.8, 4) is 5.75 Å². The fraction of sp³-hybridized carbons (Fsp3) is 0.375. The molecular weight excluding hydrogens is 298 g/mol. The zero-order valence-electron chi connectivity index (χ0n) is 12.7. The summed E-state index contributed by atoms with van der Waals surface area (Å²) in [6.07, 6.45) is 0.931. The van der Waals surface area contributed by atoms with E-state index in [9.17, 15) is 4.79 Å². The molecule has 5 nitrogen and oxygen atoms in total. The Morgan fingerprint density at radius 1 is 1.45 bits per heavy atom. The average molecular weight is 317 g/mol. The van der Waals surface area contributed by atoms with Gasteiger partial charge in [-0.3, -0.25) is 4.79 Å². The summed E-state index contributed by atoms with van der Waals surface area (Å²) in [5.74, 6) is 0.838. The molecule has 1 saturated heterocycles. The van der Waals surface area contributed by atoms with Crippen LogP contribution in [0.15, 0.2) is 29.6 Å². The second-order valence-corrected chi connectivity index (χ2v) is 6.02. The first kappa shape index (κ1) is 14.8. The fourth-order valence-corrected chi connectivity index (χ4v) is 3.45.